The van der Waals surface area contributed by atoms with E-state index in [1.165, 1.54) is 6.92 Å². The Morgan fingerprint density at radius 3 is 2.57 bits per heavy atom. The first kappa shape index (κ1) is 30.8. The lowest BCUT2D eigenvalue weighted by Gasteiger charge is -2.36. The quantitative estimate of drug-likeness (QED) is 0.172. The van der Waals surface area contributed by atoms with Gasteiger partial charge in [0.25, 0.3) is 5.91 Å². The van der Waals surface area contributed by atoms with Gasteiger partial charge in [-0.2, -0.15) is 0 Å². The first-order chi connectivity index (χ1) is 20.3. The van der Waals surface area contributed by atoms with Crippen molar-refractivity contribution < 1.29 is 29.0 Å². The van der Waals surface area contributed by atoms with Gasteiger partial charge < -0.3 is 30.9 Å². The van der Waals surface area contributed by atoms with Gasteiger partial charge in [0.1, 0.15) is 0 Å². The Hall–Kier alpha value is -4.15. The molecule has 42 heavy (non-hydrogen) atoms. The van der Waals surface area contributed by atoms with E-state index in [2.05, 4.69) is 10.6 Å². The Labute approximate surface area is 245 Å². The number of fused-ring (bicyclic) bond motifs is 1. The van der Waals surface area contributed by atoms with E-state index in [-0.39, 0.29) is 41.9 Å². The number of aromatic nitrogens is 1. The van der Waals surface area contributed by atoms with E-state index in [1.54, 1.807) is 34.9 Å². The number of carbonyl (C=O) groups is 3. The number of allylic oxidation sites excluding steroid dienone is 1. The van der Waals surface area contributed by atoms with Gasteiger partial charge in [-0.1, -0.05) is 30.3 Å². The third kappa shape index (κ3) is 7.37. The van der Waals surface area contributed by atoms with Gasteiger partial charge in [-0.15, -0.1) is 0 Å². The first-order valence-electron chi connectivity index (χ1n) is 14.5. The van der Waals surface area contributed by atoms with E-state index < -0.39 is 6.29 Å². The van der Waals surface area contributed by atoms with E-state index in [9.17, 15) is 19.5 Å². The maximum Gasteiger partial charge on any atom is 0.286 e. The molecule has 2 heterocycles. The molecule has 10 heteroatoms. The van der Waals surface area contributed by atoms with Crippen molar-refractivity contribution in [2.24, 2.45) is 5.92 Å². The number of aliphatic hydroxyl groups excluding tert-OH is 1. The van der Waals surface area contributed by atoms with Crippen LogP contribution in [0.2, 0.25) is 0 Å². The van der Waals surface area contributed by atoms with Crippen LogP contribution in [-0.2, 0) is 19.1 Å². The van der Waals surface area contributed by atoms with E-state index >= 15 is 0 Å². The summed E-state index contributed by atoms with van der Waals surface area (Å²) in [6, 6.07) is 14.8. The van der Waals surface area contributed by atoms with Crippen LogP contribution in [0.4, 0.5) is 11.4 Å². The third-order valence-corrected chi connectivity index (χ3v) is 7.43. The van der Waals surface area contributed by atoms with Crippen LogP contribution in [0, 0.1) is 5.92 Å². The molecule has 1 aliphatic heterocycles. The summed E-state index contributed by atoms with van der Waals surface area (Å²) in [6.07, 6.45) is 5.55. The second-order valence-electron chi connectivity index (χ2n) is 10.4. The summed E-state index contributed by atoms with van der Waals surface area (Å²) in [7, 11) is 0. The molecule has 0 bridgehead atoms. The number of benzene rings is 2. The van der Waals surface area contributed by atoms with Gasteiger partial charge >= 0.3 is 0 Å². The number of para-hydroxylation sites is 3. The number of aliphatic hydroxyl groups is 1. The fourth-order valence-electron chi connectivity index (χ4n) is 5.38. The Morgan fingerprint density at radius 1 is 1.07 bits per heavy atom. The Kier molecular flexibility index (Phi) is 10.7. The van der Waals surface area contributed by atoms with E-state index in [0.717, 1.165) is 16.5 Å². The SMILES string of the molecule is CCO[C@@H]1OC(C(=O)NCCCCC(=O)Nc2ccccc2N)=C[C@H](c2cn(C(C)=O)c3ccccc23)[C@H]1CCCO. The second-order valence-corrected chi connectivity index (χ2v) is 10.4. The first-order valence-corrected chi connectivity index (χ1v) is 14.5. The summed E-state index contributed by atoms with van der Waals surface area (Å²) < 4.78 is 13.7. The fourth-order valence-corrected chi connectivity index (χ4v) is 5.38. The van der Waals surface area contributed by atoms with Crippen molar-refractivity contribution >= 4 is 40.0 Å². The molecule has 0 unspecified atom stereocenters. The molecule has 1 aliphatic rings. The summed E-state index contributed by atoms with van der Waals surface area (Å²) in [6.45, 7) is 4.14. The van der Waals surface area contributed by atoms with Gasteiger partial charge in [0.2, 0.25) is 18.1 Å². The molecule has 224 valence electrons. The minimum atomic E-state index is -0.703. The van der Waals surface area contributed by atoms with Crippen LogP contribution in [0.3, 0.4) is 0 Å². The monoisotopic (exact) mass is 576 g/mol. The topological polar surface area (TPSA) is 145 Å². The van der Waals surface area contributed by atoms with Crippen LogP contribution in [0.25, 0.3) is 10.9 Å². The van der Waals surface area contributed by atoms with Crippen LogP contribution in [0.15, 0.2) is 66.6 Å². The van der Waals surface area contributed by atoms with Crippen molar-refractivity contribution in [3.63, 3.8) is 0 Å². The number of amides is 2. The summed E-state index contributed by atoms with van der Waals surface area (Å²) in [4.78, 5) is 38.0. The molecule has 3 aromatic rings. The zero-order valence-corrected chi connectivity index (χ0v) is 24.2. The number of nitrogens with two attached hydrogens (primary N) is 1. The van der Waals surface area contributed by atoms with Gasteiger partial charge in [0, 0.05) is 56.5 Å². The zero-order chi connectivity index (χ0) is 30.1. The van der Waals surface area contributed by atoms with Crippen molar-refractivity contribution in [3.05, 3.63) is 72.1 Å². The number of carbonyl (C=O) groups excluding carboxylic acids is 3. The molecule has 2 amide bonds. The van der Waals surface area contributed by atoms with Crippen LogP contribution >= 0.6 is 0 Å². The highest BCUT2D eigenvalue weighted by Gasteiger charge is 2.39. The molecule has 2 aromatic carbocycles. The van der Waals surface area contributed by atoms with Gasteiger partial charge in [0.15, 0.2) is 5.76 Å². The van der Waals surface area contributed by atoms with Gasteiger partial charge in [-0.05, 0) is 62.4 Å². The van der Waals surface area contributed by atoms with Crippen molar-refractivity contribution in [1.29, 1.82) is 0 Å². The lowest BCUT2D eigenvalue weighted by Crippen LogP contribution is -2.39. The van der Waals surface area contributed by atoms with Crippen LogP contribution in [0.5, 0.6) is 0 Å². The van der Waals surface area contributed by atoms with E-state index in [4.69, 9.17) is 15.2 Å². The molecule has 0 saturated carbocycles. The second kappa shape index (κ2) is 14.7. The highest BCUT2D eigenvalue weighted by atomic mass is 16.7. The standard InChI is InChI=1S/C32H40N4O6/c1-3-41-32-23(12-10-18-37)24(25-20-36(21(2)38)28-15-7-4-11-22(25)28)19-29(42-32)31(40)34-17-9-8-16-30(39)35-27-14-6-5-13-26(27)33/h4-7,11,13-15,19-20,23-24,32,37H,3,8-10,12,16-18,33H2,1-2H3,(H,34,40)(H,35,39)/t23-,24+,32-/m1/s1. The molecule has 4 rings (SSSR count). The largest absolute Gasteiger partial charge is 0.459 e. The summed E-state index contributed by atoms with van der Waals surface area (Å²) in [5.74, 6) is -0.948. The number of nitrogens with zero attached hydrogens (tertiary/aromatic N) is 1. The number of hydrogen-bond acceptors (Lipinski definition) is 7. The van der Waals surface area contributed by atoms with Crippen molar-refractivity contribution in [3.8, 4) is 0 Å². The maximum absolute atomic E-state index is 13.2. The lowest BCUT2D eigenvalue weighted by molar-refractivity contribution is -0.166. The van der Waals surface area contributed by atoms with Crippen molar-refractivity contribution in [2.45, 2.75) is 58.2 Å². The molecule has 1 aromatic heterocycles. The number of anilines is 2. The Morgan fingerprint density at radius 2 is 1.83 bits per heavy atom. The summed E-state index contributed by atoms with van der Waals surface area (Å²) in [5, 5.41) is 16.2. The minimum Gasteiger partial charge on any atom is -0.459 e. The summed E-state index contributed by atoms with van der Waals surface area (Å²) >= 11 is 0. The van der Waals surface area contributed by atoms with Crippen molar-refractivity contribution in [2.75, 3.05) is 30.8 Å². The van der Waals surface area contributed by atoms with Gasteiger partial charge in [-0.25, -0.2) is 0 Å². The number of hydrogen-bond donors (Lipinski definition) is 4. The smallest absolute Gasteiger partial charge is 0.286 e. The molecule has 0 radical (unpaired) electrons. The number of nitrogens with one attached hydrogen (secondary N) is 2. The number of ether oxygens (including phenoxy) is 2. The molecule has 0 spiro atoms. The van der Waals surface area contributed by atoms with Crippen molar-refractivity contribution in [1.82, 2.24) is 9.88 Å². The molecule has 0 saturated heterocycles. The minimum absolute atomic E-state index is 0.0189. The van der Waals surface area contributed by atoms with Crippen LogP contribution in [-0.4, -0.2) is 53.4 Å². The van der Waals surface area contributed by atoms with Crippen LogP contribution in [0.1, 0.15) is 62.2 Å². The predicted octanol–water partition coefficient (Wildman–Crippen LogP) is 4.56. The number of nitrogen functional groups attached to an aromatic ring is 1. The Balaban J connectivity index is 1.47. The average molecular weight is 577 g/mol. The highest BCUT2D eigenvalue weighted by molar-refractivity contribution is 5.95. The molecular weight excluding hydrogens is 536 g/mol. The Bertz CT molecular complexity index is 1430. The van der Waals surface area contributed by atoms with Gasteiger partial charge in [-0.3, -0.25) is 19.0 Å². The normalized spacial score (nSPS) is 18.3. The van der Waals surface area contributed by atoms with E-state index in [0.29, 0.717) is 56.6 Å². The number of rotatable bonds is 13. The van der Waals surface area contributed by atoms with Gasteiger partial charge in [0.05, 0.1) is 16.9 Å². The van der Waals surface area contributed by atoms with Crippen LogP contribution < -0.4 is 16.4 Å². The third-order valence-electron chi connectivity index (χ3n) is 7.43. The molecule has 0 aliphatic carbocycles. The maximum atomic E-state index is 13.2. The predicted molar refractivity (Wildman–Crippen MR) is 162 cm³/mol. The fraction of sp³-hybridized carbons (Fsp3) is 0.406. The lowest BCUT2D eigenvalue weighted by atomic mass is 9.80. The number of unbranched alkanes of at least 4 members (excludes halogenated alkanes) is 1. The summed E-state index contributed by atoms with van der Waals surface area (Å²) in [5.41, 5.74) is 8.66. The van der Waals surface area contributed by atoms with E-state index in [1.807, 2.05) is 37.4 Å². The molecular formula is C32H40N4O6. The molecule has 10 nitrogen and oxygen atoms in total. The average Bonchev–Trinajstić information content (AvgIpc) is 3.37. The zero-order valence-electron chi connectivity index (χ0n) is 24.2. The molecule has 0 fully saturated rings. The highest BCUT2D eigenvalue weighted by Crippen LogP contribution is 2.42. The molecule has 5 N–H and O–H groups in total. The molecule has 3 atom stereocenters.